The monoisotopic (exact) mass is 403 g/mol. The van der Waals surface area contributed by atoms with Gasteiger partial charge in [0, 0.05) is 10.9 Å². The highest BCUT2D eigenvalue weighted by Crippen LogP contribution is 2.37. The number of aromatic nitrogens is 1. The molecule has 0 aliphatic heterocycles. The number of hydrogen-bond acceptors (Lipinski definition) is 3. The van der Waals surface area contributed by atoms with Crippen molar-refractivity contribution in [2.24, 2.45) is 0 Å². The minimum atomic E-state index is -3.95. The summed E-state index contributed by atoms with van der Waals surface area (Å²) in [5, 5.41) is 11.9. The summed E-state index contributed by atoms with van der Waals surface area (Å²) in [6, 6.07) is 23.0. The largest absolute Gasteiger partial charge is 0.382 e. The molecule has 1 heterocycles. The summed E-state index contributed by atoms with van der Waals surface area (Å²) in [4.78, 5) is 0.168. The lowest BCUT2D eigenvalue weighted by atomic mass is 10.0. The number of aliphatic hydroxyl groups is 1. The first-order valence-corrected chi connectivity index (χ1v) is 10.7. The third kappa shape index (κ3) is 3.18. The van der Waals surface area contributed by atoms with Crippen molar-refractivity contribution in [2.75, 3.05) is 0 Å². The highest BCUT2D eigenvalue weighted by molar-refractivity contribution is 7.90. The molecule has 1 unspecified atom stereocenters. The van der Waals surface area contributed by atoms with E-state index in [1.54, 1.807) is 54.6 Å². The van der Waals surface area contributed by atoms with E-state index in [4.69, 9.17) is 0 Å². The minimum Gasteiger partial charge on any atom is -0.382 e. The highest BCUT2D eigenvalue weighted by Gasteiger charge is 2.30. The molecule has 0 bridgehead atoms. The summed E-state index contributed by atoms with van der Waals surface area (Å²) in [5.74, 6) is 0. The fourth-order valence-electron chi connectivity index (χ4n) is 3.60. The van der Waals surface area contributed by atoms with Gasteiger partial charge in [0.25, 0.3) is 10.0 Å². The second-order valence-corrected chi connectivity index (χ2v) is 8.70. The maximum atomic E-state index is 13.7. The Hall–Kier alpha value is -3.15. The van der Waals surface area contributed by atoms with E-state index in [2.05, 4.69) is 6.58 Å². The van der Waals surface area contributed by atoms with Crippen molar-refractivity contribution in [3.8, 4) is 0 Å². The number of hydrogen-bond donors (Lipinski definition) is 1. The van der Waals surface area contributed by atoms with Crippen molar-refractivity contribution in [1.82, 2.24) is 3.97 Å². The predicted molar refractivity (Wildman–Crippen MR) is 116 cm³/mol. The third-order valence-corrected chi connectivity index (χ3v) is 6.79. The maximum absolute atomic E-state index is 13.7. The molecule has 0 saturated heterocycles. The number of aryl methyl sites for hydroxylation is 1. The summed E-state index contributed by atoms with van der Waals surface area (Å²) in [7, 11) is -3.95. The van der Waals surface area contributed by atoms with E-state index >= 15 is 0 Å². The summed E-state index contributed by atoms with van der Waals surface area (Å²) in [6.07, 6.45) is 0.474. The first kappa shape index (κ1) is 19.2. The number of rotatable bonds is 5. The molecule has 1 N–H and O–H groups in total. The Bertz CT molecular complexity index is 1290. The normalized spacial score (nSPS) is 12.8. The molecule has 3 aromatic carbocycles. The van der Waals surface area contributed by atoms with E-state index in [1.165, 1.54) is 3.97 Å². The lowest BCUT2D eigenvalue weighted by Crippen LogP contribution is -2.18. The van der Waals surface area contributed by atoms with Crippen LogP contribution in [0.25, 0.3) is 17.0 Å². The van der Waals surface area contributed by atoms with Crippen LogP contribution in [0.1, 0.15) is 28.5 Å². The van der Waals surface area contributed by atoms with E-state index in [0.29, 0.717) is 16.6 Å². The molecule has 1 aromatic heterocycles. The Morgan fingerprint density at radius 1 is 0.931 bits per heavy atom. The van der Waals surface area contributed by atoms with Crippen molar-refractivity contribution >= 4 is 27.0 Å². The number of aliphatic hydroxyl groups excluding tert-OH is 1. The Morgan fingerprint density at radius 3 is 2.21 bits per heavy atom. The number of nitrogens with zero attached hydrogens (tertiary/aromatic N) is 1. The van der Waals surface area contributed by atoms with Gasteiger partial charge in [0.2, 0.25) is 0 Å². The van der Waals surface area contributed by atoms with E-state index in [1.807, 2.05) is 37.3 Å². The molecule has 0 spiro atoms. The molecule has 0 aliphatic carbocycles. The van der Waals surface area contributed by atoms with Crippen LogP contribution in [0, 0.1) is 6.92 Å². The summed E-state index contributed by atoms with van der Waals surface area (Å²) in [5.41, 5.74) is 2.98. The van der Waals surface area contributed by atoms with Crippen LogP contribution in [0.15, 0.2) is 90.3 Å². The Balaban J connectivity index is 2.08. The fourth-order valence-corrected chi connectivity index (χ4v) is 5.16. The molecule has 0 amide bonds. The van der Waals surface area contributed by atoms with Gasteiger partial charge in [0.05, 0.1) is 16.1 Å². The second-order valence-electron chi connectivity index (χ2n) is 6.92. The number of benzene rings is 3. The third-order valence-electron chi connectivity index (χ3n) is 5.05. The standard InChI is InChI=1S/C24H21NO3S/c1-3-20-21-11-7-8-12-22(21)25(23(20)24(26)18-9-5-4-6-10-18)29(27,28)19-15-13-17(2)14-16-19/h3-16,24,26H,1H2,2H3. The van der Waals surface area contributed by atoms with Crippen LogP contribution in [-0.4, -0.2) is 17.5 Å². The van der Waals surface area contributed by atoms with Crippen LogP contribution < -0.4 is 0 Å². The zero-order chi connectivity index (χ0) is 20.6. The van der Waals surface area contributed by atoms with Gasteiger partial charge in [0.15, 0.2) is 0 Å². The van der Waals surface area contributed by atoms with Gasteiger partial charge >= 0.3 is 0 Å². The van der Waals surface area contributed by atoms with Gasteiger partial charge in [-0.05, 0) is 30.7 Å². The predicted octanol–water partition coefficient (Wildman–Crippen LogP) is 4.91. The highest BCUT2D eigenvalue weighted by atomic mass is 32.2. The van der Waals surface area contributed by atoms with Gasteiger partial charge in [-0.15, -0.1) is 0 Å². The van der Waals surface area contributed by atoms with Gasteiger partial charge in [-0.3, -0.25) is 0 Å². The number of fused-ring (bicyclic) bond motifs is 1. The van der Waals surface area contributed by atoms with Gasteiger partial charge in [-0.1, -0.05) is 78.9 Å². The number of para-hydroxylation sites is 1. The molecule has 0 aliphatic rings. The molecule has 146 valence electrons. The Kier molecular flexibility index (Phi) is 4.86. The summed E-state index contributed by atoms with van der Waals surface area (Å²) in [6.45, 7) is 5.78. The molecule has 0 fully saturated rings. The van der Waals surface area contributed by atoms with E-state index in [9.17, 15) is 13.5 Å². The topological polar surface area (TPSA) is 59.3 Å². The second kappa shape index (κ2) is 7.35. The van der Waals surface area contributed by atoms with Crippen LogP contribution in [-0.2, 0) is 10.0 Å². The lowest BCUT2D eigenvalue weighted by molar-refractivity contribution is 0.214. The molecule has 0 saturated carbocycles. The quantitative estimate of drug-likeness (QED) is 0.515. The average molecular weight is 404 g/mol. The van der Waals surface area contributed by atoms with E-state index in [0.717, 1.165) is 10.9 Å². The van der Waals surface area contributed by atoms with Crippen molar-refractivity contribution < 1.29 is 13.5 Å². The maximum Gasteiger partial charge on any atom is 0.268 e. The van der Waals surface area contributed by atoms with Gasteiger partial charge < -0.3 is 5.11 Å². The van der Waals surface area contributed by atoms with Crippen molar-refractivity contribution in [1.29, 1.82) is 0 Å². The van der Waals surface area contributed by atoms with Crippen LogP contribution in [0.2, 0.25) is 0 Å². The molecule has 4 aromatic rings. The smallest absolute Gasteiger partial charge is 0.268 e. The van der Waals surface area contributed by atoms with E-state index < -0.39 is 16.1 Å². The summed E-state index contributed by atoms with van der Waals surface area (Å²) < 4.78 is 28.6. The van der Waals surface area contributed by atoms with Crippen LogP contribution in [0.5, 0.6) is 0 Å². The average Bonchev–Trinajstić information content (AvgIpc) is 3.09. The Morgan fingerprint density at radius 2 is 1.55 bits per heavy atom. The van der Waals surface area contributed by atoms with Crippen molar-refractivity contribution in [3.63, 3.8) is 0 Å². The van der Waals surface area contributed by atoms with E-state index in [-0.39, 0.29) is 10.6 Å². The lowest BCUT2D eigenvalue weighted by Gasteiger charge is -2.17. The molecule has 1 atom stereocenters. The molecule has 0 radical (unpaired) electrons. The van der Waals surface area contributed by atoms with Crippen LogP contribution in [0.4, 0.5) is 0 Å². The first-order valence-electron chi connectivity index (χ1n) is 9.26. The fraction of sp³-hybridized carbons (Fsp3) is 0.0833. The zero-order valence-corrected chi connectivity index (χ0v) is 16.8. The van der Waals surface area contributed by atoms with Crippen molar-refractivity contribution in [2.45, 2.75) is 17.9 Å². The van der Waals surface area contributed by atoms with Crippen LogP contribution >= 0.6 is 0 Å². The van der Waals surface area contributed by atoms with Gasteiger partial charge in [-0.25, -0.2) is 12.4 Å². The molecular weight excluding hydrogens is 382 g/mol. The molecular formula is C24H21NO3S. The summed E-state index contributed by atoms with van der Waals surface area (Å²) >= 11 is 0. The minimum absolute atomic E-state index is 0.168. The SMILES string of the molecule is C=Cc1c(C(O)c2ccccc2)n(S(=O)(=O)c2ccc(C)cc2)c2ccccc12. The molecule has 4 rings (SSSR count). The molecule has 29 heavy (non-hydrogen) atoms. The Labute approximate surface area is 170 Å². The zero-order valence-electron chi connectivity index (χ0n) is 16.0. The van der Waals surface area contributed by atoms with Gasteiger partial charge in [0.1, 0.15) is 6.10 Å². The molecule has 5 heteroatoms. The molecule has 4 nitrogen and oxygen atoms in total. The first-order chi connectivity index (χ1) is 13.9. The van der Waals surface area contributed by atoms with Gasteiger partial charge in [-0.2, -0.15) is 0 Å². The van der Waals surface area contributed by atoms with Crippen molar-refractivity contribution in [3.05, 3.63) is 108 Å². The van der Waals surface area contributed by atoms with Crippen LogP contribution in [0.3, 0.4) is 0 Å².